The van der Waals surface area contributed by atoms with Crippen LogP contribution in [0.4, 0.5) is 8.78 Å². The van der Waals surface area contributed by atoms with Gasteiger partial charge in [-0.25, -0.2) is 8.78 Å². The Kier molecular flexibility index (Phi) is 3.46. The first-order valence-electron chi connectivity index (χ1n) is 5.57. The Balaban J connectivity index is 2.38. The Hall–Kier alpha value is -2.43. The van der Waals surface area contributed by atoms with Crippen molar-refractivity contribution < 1.29 is 8.78 Å². The van der Waals surface area contributed by atoms with Gasteiger partial charge in [0, 0.05) is 11.9 Å². The summed E-state index contributed by atoms with van der Waals surface area (Å²) in [6.45, 7) is 3.65. The highest BCUT2D eigenvalue weighted by molar-refractivity contribution is 5.58. The maximum absolute atomic E-state index is 13.1. The smallest absolute Gasteiger partial charge is 0.260 e. The van der Waals surface area contributed by atoms with Crippen LogP contribution in [0.25, 0.3) is 5.70 Å². The molecule has 0 bridgehead atoms. The average molecular weight is 262 g/mol. The fourth-order valence-electron chi connectivity index (χ4n) is 1.74. The van der Waals surface area contributed by atoms with Crippen LogP contribution in [0.2, 0.25) is 0 Å². The number of aromatic nitrogens is 1. The maximum atomic E-state index is 13.1. The van der Waals surface area contributed by atoms with Gasteiger partial charge in [-0.1, -0.05) is 12.6 Å². The van der Waals surface area contributed by atoms with E-state index in [1.165, 1.54) is 10.6 Å². The summed E-state index contributed by atoms with van der Waals surface area (Å²) in [6, 6.07) is 6.73. The molecule has 2 rings (SSSR count). The van der Waals surface area contributed by atoms with Crippen LogP contribution in [0.1, 0.15) is 11.1 Å². The first-order chi connectivity index (χ1) is 8.99. The van der Waals surface area contributed by atoms with Crippen molar-refractivity contribution >= 4 is 5.70 Å². The van der Waals surface area contributed by atoms with E-state index in [0.29, 0.717) is 11.1 Å². The lowest BCUT2D eigenvalue weighted by atomic mass is 10.2. The van der Waals surface area contributed by atoms with Crippen molar-refractivity contribution in [2.24, 2.45) is 5.73 Å². The van der Waals surface area contributed by atoms with Crippen LogP contribution in [0, 0.1) is 11.6 Å². The normalized spacial score (nSPS) is 10.4. The number of hydrogen-bond acceptors (Lipinski definition) is 2. The van der Waals surface area contributed by atoms with Crippen LogP contribution in [0.3, 0.4) is 0 Å². The number of halogens is 2. The highest BCUT2D eigenvalue weighted by atomic mass is 19.2. The summed E-state index contributed by atoms with van der Waals surface area (Å²) < 4.78 is 27.3. The third kappa shape index (κ3) is 2.70. The SMILES string of the molecule is C=C(N)c1cccn(Cc2ccc(F)c(F)c2)c1=O. The molecule has 1 aromatic carbocycles. The highest BCUT2D eigenvalue weighted by Gasteiger charge is 2.07. The van der Waals surface area contributed by atoms with Crippen molar-refractivity contribution in [1.29, 1.82) is 0 Å². The van der Waals surface area contributed by atoms with E-state index in [1.807, 2.05) is 0 Å². The fourth-order valence-corrected chi connectivity index (χ4v) is 1.74. The molecule has 0 aliphatic carbocycles. The van der Waals surface area contributed by atoms with Gasteiger partial charge in [-0.15, -0.1) is 0 Å². The summed E-state index contributed by atoms with van der Waals surface area (Å²) in [5.74, 6) is -1.86. The number of nitrogens with two attached hydrogens (primary N) is 1. The second-order valence-corrected chi connectivity index (χ2v) is 4.13. The predicted molar refractivity (Wildman–Crippen MR) is 69.4 cm³/mol. The van der Waals surface area contributed by atoms with Gasteiger partial charge >= 0.3 is 0 Å². The molecule has 0 amide bonds. The van der Waals surface area contributed by atoms with Crippen molar-refractivity contribution in [3.63, 3.8) is 0 Å². The van der Waals surface area contributed by atoms with Gasteiger partial charge in [-0.3, -0.25) is 4.79 Å². The summed E-state index contributed by atoms with van der Waals surface area (Å²) in [6.07, 6.45) is 1.55. The third-order valence-corrected chi connectivity index (χ3v) is 2.70. The summed E-state index contributed by atoms with van der Waals surface area (Å²) in [5, 5.41) is 0. The van der Waals surface area contributed by atoms with Crippen molar-refractivity contribution in [2.45, 2.75) is 6.54 Å². The average Bonchev–Trinajstić information content (AvgIpc) is 2.36. The molecule has 0 spiro atoms. The number of benzene rings is 1. The van der Waals surface area contributed by atoms with Crippen LogP contribution in [-0.4, -0.2) is 4.57 Å². The van der Waals surface area contributed by atoms with E-state index in [1.54, 1.807) is 18.3 Å². The first kappa shape index (κ1) is 13.0. The molecule has 0 atom stereocenters. The zero-order chi connectivity index (χ0) is 14.0. The number of pyridine rings is 1. The quantitative estimate of drug-likeness (QED) is 0.920. The van der Waals surface area contributed by atoms with Crippen LogP contribution in [0.15, 0.2) is 47.9 Å². The van der Waals surface area contributed by atoms with Crippen LogP contribution >= 0.6 is 0 Å². The van der Waals surface area contributed by atoms with Crippen molar-refractivity contribution in [3.8, 4) is 0 Å². The molecule has 2 N–H and O–H groups in total. The summed E-state index contributed by atoms with van der Waals surface area (Å²) >= 11 is 0. The van der Waals surface area contributed by atoms with Crippen molar-refractivity contribution in [2.75, 3.05) is 0 Å². The maximum Gasteiger partial charge on any atom is 0.260 e. The van der Waals surface area contributed by atoms with Gasteiger partial charge in [-0.05, 0) is 29.8 Å². The molecule has 2 aromatic rings. The molecule has 0 aliphatic rings. The molecule has 19 heavy (non-hydrogen) atoms. The van der Waals surface area contributed by atoms with E-state index >= 15 is 0 Å². The van der Waals surface area contributed by atoms with Gasteiger partial charge in [-0.2, -0.15) is 0 Å². The molecule has 0 radical (unpaired) electrons. The molecule has 98 valence electrons. The van der Waals surface area contributed by atoms with E-state index in [0.717, 1.165) is 12.1 Å². The van der Waals surface area contributed by atoms with Gasteiger partial charge in [0.05, 0.1) is 12.1 Å². The van der Waals surface area contributed by atoms with Crippen LogP contribution in [0.5, 0.6) is 0 Å². The Morgan fingerprint density at radius 2 is 2.00 bits per heavy atom. The molecule has 0 fully saturated rings. The van der Waals surface area contributed by atoms with Crippen LogP contribution in [-0.2, 0) is 6.54 Å². The molecule has 0 saturated heterocycles. The van der Waals surface area contributed by atoms with E-state index in [2.05, 4.69) is 6.58 Å². The van der Waals surface area contributed by atoms with E-state index in [-0.39, 0.29) is 17.8 Å². The minimum absolute atomic E-state index is 0.136. The molecule has 0 aliphatic heterocycles. The van der Waals surface area contributed by atoms with Crippen molar-refractivity contribution in [1.82, 2.24) is 4.57 Å². The van der Waals surface area contributed by atoms with Gasteiger partial charge in [0.25, 0.3) is 5.56 Å². The summed E-state index contributed by atoms with van der Waals surface area (Å²) in [5.41, 5.74) is 6.14. The van der Waals surface area contributed by atoms with E-state index in [9.17, 15) is 13.6 Å². The lowest BCUT2D eigenvalue weighted by Crippen LogP contribution is -2.24. The van der Waals surface area contributed by atoms with Gasteiger partial charge in [0.15, 0.2) is 11.6 Å². The fraction of sp³-hybridized carbons (Fsp3) is 0.0714. The minimum atomic E-state index is -0.940. The zero-order valence-electron chi connectivity index (χ0n) is 10.1. The molecule has 0 saturated carbocycles. The third-order valence-electron chi connectivity index (χ3n) is 2.70. The lowest BCUT2D eigenvalue weighted by molar-refractivity contribution is 0.506. The van der Waals surface area contributed by atoms with Gasteiger partial charge < -0.3 is 10.3 Å². The molecule has 1 heterocycles. The Bertz CT molecular complexity index is 692. The molecule has 5 heteroatoms. The number of nitrogens with zero attached hydrogens (tertiary/aromatic N) is 1. The number of hydrogen-bond donors (Lipinski definition) is 1. The van der Waals surface area contributed by atoms with Crippen LogP contribution < -0.4 is 11.3 Å². The largest absolute Gasteiger partial charge is 0.399 e. The highest BCUT2D eigenvalue weighted by Crippen LogP contribution is 2.10. The molecule has 3 nitrogen and oxygen atoms in total. The monoisotopic (exact) mass is 262 g/mol. The first-order valence-corrected chi connectivity index (χ1v) is 5.57. The Morgan fingerprint density at radius 1 is 1.26 bits per heavy atom. The molecular weight excluding hydrogens is 250 g/mol. The van der Waals surface area contributed by atoms with E-state index in [4.69, 9.17) is 5.73 Å². The van der Waals surface area contributed by atoms with Gasteiger partial charge in [0.1, 0.15) is 0 Å². The molecular formula is C14H12F2N2O. The predicted octanol–water partition coefficient (Wildman–Crippen LogP) is 2.10. The van der Waals surface area contributed by atoms with Gasteiger partial charge in [0.2, 0.25) is 0 Å². The molecule has 1 aromatic heterocycles. The van der Waals surface area contributed by atoms with Crippen molar-refractivity contribution in [3.05, 3.63) is 76.2 Å². The topological polar surface area (TPSA) is 48.0 Å². The Labute approximate surface area is 108 Å². The van der Waals surface area contributed by atoms with E-state index < -0.39 is 11.6 Å². The second-order valence-electron chi connectivity index (χ2n) is 4.13. The Morgan fingerprint density at radius 3 is 2.63 bits per heavy atom. The zero-order valence-corrected chi connectivity index (χ0v) is 10.1. The lowest BCUT2D eigenvalue weighted by Gasteiger charge is -2.08. The number of rotatable bonds is 3. The summed E-state index contributed by atoms with van der Waals surface area (Å²) in [4.78, 5) is 12.0. The second kappa shape index (κ2) is 5.06. The minimum Gasteiger partial charge on any atom is -0.399 e. The standard InChI is InChI=1S/C14H12F2N2O/c1-9(17)11-3-2-6-18(14(11)19)8-10-4-5-12(15)13(16)7-10/h2-7H,1,8,17H2. The molecule has 0 unspecified atom stereocenters. The summed E-state index contributed by atoms with van der Waals surface area (Å²) in [7, 11) is 0.